The summed E-state index contributed by atoms with van der Waals surface area (Å²) in [6.45, 7) is 4.09. The summed E-state index contributed by atoms with van der Waals surface area (Å²) < 4.78 is 47.0. The minimum Gasteiger partial charge on any atom is -0.471 e. The van der Waals surface area contributed by atoms with Gasteiger partial charge in [0.05, 0.1) is 6.54 Å². The Labute approximate surface area is 169 Å². The van der Waals surface area contributed by atoms with Crippen molar-refractivity contribution < 1.29 is 22.7 Å². The molecule has 158 valence electrons. The van der Waals surface area contributed by atoms with Crippen LogP contribution < -0.4 is 4.74 Å². The summed E-state index contributed by atoms with van der Waals surface area (Å²) >= 11 is 0. The summed E-state index contributed by atoms with van der Waals surface area (Å²) in [4.78, 5) is 14.1. The molecule has 4 rings (SSSR count). The summed E-state index contributed by atoms with van der Waals surface area (Å²) in [5, 5.41) is 11.0. The van der Waals surface area contributed by atoms with Gasteiger partial charge in [0.15, 0.2) is 18.2 Å². The van der Waals surface area contributed by atoms with E-state index in [0.717, 1.165) is 15.7 Å². The molecule has 0 atom stereocenters. The van der Waals surface area contributed by atoms with Gasteiger partial charge < -0.3 is 14.2 Å². The number of carbonyl (C=O) groups excluding carboxylic acids is 1. The van der Waals surface area contributed by atoms with Gasteiger partial charge >= 0.3 is 6.18 Å². The van der Waals surface area contributed by atoms with Crippen LogP contribution in [0, 0.1) is 13.8 Å². The SMILES string of the molecule is Cc1cc(C)cc(OCn2ccc(C(=O)N3CCn4c(nnc4C(F)(F)F)C3)n2)c1. The number of halogens is 3. The number of alkyl halides is 3. The molecule has 0 spiro atoms. The normalized spacial score (nSPS) is 14.0. The second-order valence-corrected chi connectivity index (χ2v) is 7.15. The predicted molar refractivity (Wildman–Crippen MR) is 98.5 cm³/mol. The van der Waals surface area contributed by atoms with Gasteiger partial charge in [-0.1, -0.05) is 6.07 Å². The third kappa shape index (κ3) is 4.00. The van der Waals surface area contributed by atoms with E-state index in [1.54, 1.807) is 12.3 Å². The van der Waals surface area contributed by atoms with Crippen LogP contribution in [0.3, 0.4) is 0 Å². The lowest BCUT2D eigenvalue weighted by atomic mass is 10.1. The average Bonchev–Trinajstić information content (AvgIpc) is 3.31. The third-order valence-corrected chi connectivity index (χ3v) is 4.71. The first kappa shape index (κ1) is 19.9. The summed E-state index contributed by atoms with van der Waals surface area (Å²) in [7, 11) is 0. The minimum atomic E-state index is -4.58. The van der Waals surface area contributed by atoms with E-state index in [1.807, 2.05) is 32.0 Å². The van der Waals surface area contributed by atoms with Crippen molar-refractivity contribution in [2.45, 2.75) is 39.8 Å². The lowest BCUT2D eigenvalue weighted by Gasteiger charge is -2.27. The Kier molecular flexibility index (Phi) is 4.96. The topological polar surface area (TPSA) is 78.1 Å². The number of aromatic nitrogens is 5. The molecule has 11 heteroatoms. The average molecular weight is 420 g/mol. The van der Waals surface area contributed by atoms with Gasteiger partial charge in [-0.3, -0.25) is 4.79 Å². The van der Waals surface area contributed by atoms with Crippen LogP contribution in [-0.4, -0.2) is 41.9 Å². The largest absolute Gasteiger partial charge is 0.471 e. The summed E-state index contributed by atoms with van der Waals surface area (Å²) in [5.41, 5.74) is 2.34. The van der Waals surface area contributed by atoms with Crippen LogP contribution in [0.25, 0.3) is 0 Å². The van der Waals surface area contributed by atoms with Crippen molar-refractivity contribution in [2.24, 2.45) is 0 Å². The molecule has 0 bridgehead atoms. The Morgan fingerprint density at radius 1 is 1.13 bits per heavy atom. The summed E-state index contributed by atoms with van der Waals surface area (Å²) in [6.07, 6.45) is -2.96. The van der Waals surface area contributed by atoms with Gasteiger partial charge in [-0.25, -0.2) is 4.68 Å². The van der Waals surface area contributed by atoms with E-state index in [4.69, 9.17) is 4.74 Å². The maximum atomic E-state index is 12.9. The minimum absolute atomic E-state index is 0.0283. The number of benzene rings is 1. The molecular weight excluding hydrogens is 401 g/mol. The maximum Gasteiger partial charge on any atom is 0.451 e. The second kappa shape index (κ2) is 7.47. The molecule has 0 radical (unpaired) electrons. The van der Waals surface area contributed by atoms with Gasteiger partial charge in [0.1, 0.15) is 5.75 Å². The molecule has 2 aromatic heterocycles. The van der Waals surface area contributed by atoms with E-state index >= 15 is 0 Å². The summed E-state index contributed by atoms with van der Waals surface area (Å²) in [5.74, 6) is -0.633. The molecule has 30 heavy (non-hydrogen) atoms. The number of hydrogen-bond acceptors (Lipinski definition) is 5. The Morgan fingerprint density at radius 2 is 1.87 bits per heavy atom. The fraction of sp³-hybridized carbons (Fsp3) is 0.368. The van der Waals surface area contributed by atoms with Gasteiger partial charge in [-0.15, -0.1) is 10.2 Å². The Balaban J connectivity index is 1.41. The highest BCUT2D eigenvalue weighted by Gasteiger charge is 2.40. The monoisotopic (exact) mass is 420 g/mol. The number of nitrogens with zero attached hydrogens (tertiary/aromatic N) is 6. The molecule has 0 saturated carbocycles. The number of ether oxygens (including phenoxy) is 1. The van der Waals surface area contributed by atoms with Crippen LogP contribution in [0.5, 0.6) is 5.75 Å². The first-order valence-corrected chi connectivity index (χ1v) is 9.24. The lowest BCUT2D eigenvalue weighted by Crippen LogP contribution is -2.39. The van der Waals surface area contributed by atoms with Crippen LogP contribution in [0.2, 0.25) is 0 Å². The molecule has 3 aromatic rings. The zero-order valence-corrected chi connectivity index (χ0v) is 16.3. The molecule has 1 aliphatic rings. The lowest BCUT2D eigenvalue weighted by molar-refractivity contribution is -0.147. The number of fused-ring (bicyclic) bond motifs is 1. The third-order valence-electron chi connectivity index (χ3n) is 4.71. The number of rotatable bonds is 4. The van der Waals surface area contributed by atoms with E-state index in [2.05, 4.69) is 15.3 Å². The molecule has 0 fully saturated rings. The Hall–Kier alpha value is -3.37. The molecule has 1 aliphatic heterocycles. The first-order chi connectivity index (χ1) is 14.2. The zero-order chi connectivity index (χ0) is 21.5. The fourth-order valence-corrected chi connectivity index (χ4v) is 3.41. The van der Waals surface area contributed by atoms with Gasteiger partial charge in [-0.05, 0) is 43.2 Å². The number of hydrogen-bond donors (Lipinski definition) is 0. The molecule has 3 heterocycles. The van der Waals surface area contributed by atoms with Crippen molar-refractivity contribution in [3.05, 3.63) is 58.9 Å². The highest BCUT2D eigenvalue weighted by Crippen LogP contribution is 2.29. The van der Waals surface area contributed by atoms with E-state index in [0.29, 0.717) is 5.75 Å². The fourth-order valence-electron chi connectivity index (χ4n) is 3.41. The number of amides is 1. The van der Waals surface area contributed by atoms with Gasteiger partial charge in [0.2, 0.25) is 5.82 Å². The second-order valence-electron chi connectivity index (χ2n) is 7.15. The van der Waals surface area contributed by atoms with Gasteiger partial charge in [-0.2, -0.15) is 18.3 Å². The molecular formula is C19H19F3N6O2. The van der Waals surface area contributed by atoms with Crippen molar-refractivity contribution in [3.63, 3.8) is 0 Å². The standard InChI is InChI=1S/C19H19F3N6O2/c1-12-7-13(2)9-14(8-12)30-11-27-4-3-15(25-27)17(29)26-5-6-28-16(10-26)23-24-18(28)19(20,21)22/h3-4,7-9H,5-6,10-11H2,1-2H3. The zero-order valence-electron chi connectivity index (χ0n) is 16.3. The number of carbonyl (C=O) groups is 1. The molecule has 8 nitrogen and oxygen atoms in total. The highest BCUT2D eigenvalue weighted by molar-refractivity contribution is 5.92. The number of aryl methyl sites for hydroxylation is 2. The highest BCUT2D eigenvalue weighted by atomic mass is 19.4. The molecule has 0 aliphatic carbocycles. The van der Waals surface area contributed by atoms with Crippen LogP contribution in [0.4, 0.5) is 13.2 Å². The quantitative estimate of drug-likeness (QED) is 0.649. The van der Waals surface area contributed by atoms with Crippen molar-refractivity contribution in [2.75, 3.05) is 6.54 Å². The van der Waals surface area contributed by atoms with Crippen LogP contribution in [0.1, 0.15) is 33.3 Å². The van der Waals surface area contributed by atoms with Gasteiger partial charge in [0.25, 0.3) is 5.91 Å². The molecule has 1 aromatic carbocycles. The van der Waals surface area contributed by atoms with E-state index < -0.39 is 12.0 Å². The van der Waals surface area contributed by atoms with Crippen molar-refractivity contribution in [1.82, 2.24) is 29.4 Å². The van der Waals surface area contributed by atoms with Crippen LogP contribution in [0.15, 0.2) is 30.5 Å². The van der Waals surface area contributed by atoms with Crippen molar-refractivity contribution in [3.8, 4) is 5.75 Å². The van der Waals surface area contributed by atoms with Crippen LogP contribution in [-0.2, 0) is 26.0 Å². The first-order valence-electron chi connectivity index (χ1n) is 9.24. The smallest absolute Gasteiger partial charge is 0.451 e. The maximum absolute atomic E-state index is 12.9. The van der Waals surface area contributed by atoms with E-state index in [1.165, 1.54) is 9.58 Å². The van der Waals surface area contributed by atoms with Crippen molar-refractivity contribution >= 4 is 5.91 Å². The molecule has 1 amide bonds. The predicted octanol–water partition coefficient (Wildman–Crippen LogP) is 2.80. The molecule has 0 unspecified atom stereocenters. The van der Waals surface area contributed by atoms with Crippen molar-refractivity contribution in [1.29, 1.82) is 0 Å². The summed E-state index contributed by atoms with van der Waals surface area (Å²) in [6, 6.07) is 7.39. The van der Waals surface area contributed by atoms with E-state index in [9.17, 15) is 18.0 Å². The van der Waals surface area contributed by atoms with Gasteiger partial charge in [0, 0.05) is 19.3 Å². The Bertz CT molecular complexity index is 1070. The van der Waals surface area contributed by atoms with Crippen LogP contribution >= 0.6 is 0 Å². The molecule has 0 N–H and O–H groups in total. The van der Waals surface area contributed by atoms with E-state index in [-0.39, 0.29) is 43.8 Å². The molecule has 0 saturated heterocycles. The Morgan fingerprint density at radius 3 is 2.57 bits per heavy atom.